The summed E-state index contributed by atoms with van der Waals surface area (Å²) >= 11 is 0. The zero-order valence-corrected chi connectivity index (χ0v) is 7.90. The molecule has 1 aromatic heterocycles. The van der Waals surface area contributed by atoms with Crippen LogP contribution in [0.2, 0.25) is 0 Å². The molecular weight excluding hydrogens is 168 g/mol. The van der Waals surface area contributed by atoms with E-state index in [0.717, 1.165) is 0 Å². The van der Waals surface area contributed by atoms with Crippen molar-refractivity contribution in [2.45, 2.75) is 38.8 Å². The van der Waals surface area contributed by atoms with Gasteiger partial charge in [-0.3, -0.25) is 10.4 Å². The van der Waals surface area contributed by atoms with E-state index < -0.39 is 0 Å². The van der Waals surface area contributed by atoms with Gasteiger partial charge in [-0.1, -0.05) is 18.6 Å². The number of rotatable bonds is 1. The van der Waals surface area contributed by atoms with Crippen molar-refractivity contribution in [2.75, 3.05) is 5.01 Å². The second-order valence-corrected chi connectivity index (χ2v) is 3.64. The molecule has 0 aromatic carbocycles. The molecule has 1 aromatic rings. The Morgan fingerprint density at radius 3 is 2.62 bits per heavy atom. The molecule has 0 saturated carbocycles. The molecule has 1 fully saturated rings. The van der Waals surface area contributed by atoms with Crippen LogP contribution in [0.25, 0.3) is 0 Å². The zero-order valence-electron chi connectivity index (χ0n) is 7.90. The Kier molecular flexibility index (Phi) is 1.86. The van der Waals surface area contributed by atoms with Crippen LogP contribution in [0.3, 0.4) is 0 Å². The Bertz CT molecular complexity index is 332. The molecule has 1 saturated heterocycles. The number of nitrogens with one attached hydrogen (secondary N) is 1. The number of nitrogens with zero attached hydrogens (tertiary/aromatic N) is 3. The van der Waals surface area contributed by atoms with E-state index in [-0.39, 0.29) is 5.55 Å². The van der Waals surface area contributed by atoms with E-state index in [0.29, 0.717) is 12.1 Å². The standard InChI is InChI=1S/C8H14N4O/c1-6-3-4-7(2)12(6)11-5-8(9)13-10-11/h5-7,9H,3-4H2,1-2H3/t6-,7+. The van der Waals surface area contributed by atoms with E-state index in [2.05, 4.69) is 24.1 Å². The third kappa shape index (κ3) is 1.34. The summed E-state index contributed by atoms with van der Waals surface area (Å²) in [5, 5.41) is 13.2. The summed E-state index contributed by atoms with van der Waals surface area (Å²) in [6.07, 6.45) is 3.95. The van der Waals surface area contributed by atoms with E-state index in [1.165, 1.54) is 12.8 Å². The Hall–Kier alpha value is -1.26. The molecule has 2 atom stereocenters. The van der Waals surface area contributed by atoms with Crippen LogP contribution >= 0.6 is 0 Å². The molecule has 72 valence electrons. The van der Waals surface area contributed by atoms with Gasteiger partial charge >= 0.3 is 0 Å². The molecule has 2 rings (SSSR count). The Balaban J connectivity index is 2.29. The van der Waals surface area contributed by atoms with E-state index in [4.69, 9.17) is 9.93 Å². The first-order chi connectivity index (χ1) is 6.18. The smallest absolute Gasteiger partial charge is 0.286 e. The van der Waals surface area contributed by atoms with Crippen LogP contribution < -0.4 is 20.6 Å². The molecule has 0 spiro atoms. The molecule has 1 aliphatic heterocycles. The van der Waals surface area contributed by atoms with Crippen molar-refractivity contribution in [3.05, 3.63) is 11.8 Å². The summed E-state index contributed by atoms with van der Waals surface area (Å²) in [5.41, 5.74) is 0.103. The predicted molar refractivity (Wildman–Crippen MR) is 44.5 cm³/mol. The lowest BCUT2D eigenvalue weighted by molar-refractivity contribution is -0.768. The second kappa shape index (κ2) is 2.90. The molecule has 0 amide bonds. The minimum Gasteiger partial charge on any atom is -0.380 e. The Labute approximate surface area is 76.4 Å². The highest BCUT2D eigenvalue weighted by atomic mass is 16.5. The van der Waals surface area contributed by atoms with Crippen LogP contribution in [0, 0.1) is 5.41 Å². The first-order valence-corrected chi connectivity index (χ1v) is 4.57. The normalized spacial score (nSPS) is 28.3. The topological polar surface area (TPSA) is 58.2 Å². The molecule has 5 heteroatoms. The lowest BCUT2D eigenvalue weighted by Crippen LogP contribution is -2.64. The summed E-state index contributed by atoms with van der Waals surface area (Å²) in [7, 11) is 0. The molecule has 2 heterocycles. The van der Waals surface area contributed by atoms with Crippen LogP contribution in [-0.2, 0) is 0 Å². The van der Waals surface area contributed by atoms with Gasteiger partial charge < -0.3 is 4.52 Å². The van der Waals surface area contributed by atoms with Crippen molar-refractivity contribution in [2.24, 2.45) is 0 Å². The van der Waals surface area contributed by atoms with E-state index in [9.17, 15) is 0 Å². The summed E-state index contributed by atoms with van der Waals surface area (Å²) in [4.78, 5) is 1.64. The molecule has 0 unspecified atom stereocenters. The fourth-order valence-corrected chi connectivity index (χ4v) is 1.93. The molecule has 0 radical (unpaired) electrons. The van der Waals surface area contributed by atoms with Gasteiger partial charge in [0.25, 0.3) is 11.8 Å². The van der Waals surface area contributed by atoms with Crippen LogP contribution in [0.5, 0.6) is 0 Å². The SMILES string of the molecule is C[C@@H]1CC[C@H](C)N1[n+]1cc(=N)o[n-]1. The average molecular weight is 182 g/mol. The van der Waals surface area contributed by atoms with E-state index in [1.54, 1.807) is 11.0 Å². The zero-order chi connectivity index (χ0) is 9.42. The summed E-state index contributed by atoms with van der Waals surface area (Å²) < 4.78 is 4.71. The molecule has 0 bridgehead atoms. The number of aromatic nitrogens is 2. The monoisotopic (exact) mass is 182 g/mol. The molecule has 1 aliphatic rings. The van der Waals surface area contributed by atoms with Gasteiger partial charge in [0.05, 0.1) is 0 Å². The third-order valence-electron chi connectivity index (χ3n) is 2.60. The quantitative estimate of drug-likeness (QED) is 0.596. The van der Waals surface area contributed by atoms with Crippen LogP contribution in [-0.4, -0.2) is 12.1 Å². The Morgan fingerprint density at radius 2 is 2.15 bits per heavy atom. The van der Waals surface area contributed by atoms with Crippen molar-refractivity contribution in [3.8, 4) is 0 Å². The Morgan fingerprint density at radius 1 is 1.54 bits per heavy atom. The van der Waals surface area contributed by atoms with Crippen molar-refractivity contribution in [1.82, 2.24) is 5.27 Å². The first kappa shape index (κ1) is 8.34. The third-order valence-corrected chi connectivity index (χ3v) is 2.60. The lowest BCUT2D eigenvalue weighted by Gasteiger charge is -2.25. The highest BCUT2D eigenvalue weighted by Gasteiger charge is 2.27. The predicted octanol–water partition coefficient (Wildman–Crippen LogP) is -0.487. The van der Waals surface area contributed by atoms with Crippen LogP contribution in [0.15, 0.2) is 10.7 Å². The summed E-state index contributed by atoms with van der Waals surface area (Å²) in [5.74, 6) is 0. The highest BCUT2D eigenvalue weighted by Crippen LogP contribution is 2.17. The van der Waals surface area contributed by atoms with Gasteiger partial charge in [0.2, 0.25) is 0 Å². The fourth-order valence-electron chi connectivity index (χ4n) is 1.93. The van der Waals surface area contributed by atoms with Gasteiger partial charge in [-0.05, 0) is 18.1 Å². The molecule has 13 heavy (non-hydrogen) atoms. The van der Waals surface area contributed by atoms with Gasteiger partial charge in [0.15, 0.2) is 0 Å². The second-order valence-electron chi connectivity index (χ2n) is 3.64. The minimum atomic E-state index is 0.103. The summed E-state index contributed by atoms with van der Waals surface area (Å²) in [6.45, 7) is 4.32. The van der Waals surface area contributed by atoms with Gasteiger partial charge in [-0.2, -0.15) is 0 Å². The fraction of sp³-hybridized carbons (Fsp3) is 0.750. The molecule has 5 nitrogen and oxygen atoms in total. The average Bonchev–Trinajstić information content (AvgIpc) is 2.60. The van der Waals surface area contributed by atoms with Crippen LogP contribution in [0.1, 0.15) is 26.7 Å². The van der Waals surface area contributed by atoms with Crippen molar-refractivity contribution in [3.63, 3.8) is 0 Å². The number of hydrogen-bond acceptors (Lipinski definition) is 3. The maximum atomic E-state index is 7.23. The highest BCUT2D eigenvalue weighted by molar-refractivity contribution is 4.93. The van der Waals surface area contributed by atoms with Gasteiger partial charge in [-0.25, -0.2) is 0 Å². The largest absolute Gasteiger partial charge is 0.380 e. The van der Waals surface area contributed by atoms with Crippen LogP contribution in [0.4, 0.5) is 0 Å². The van der Waals surface area contributed by atoms with Gasteiger partial charge in [0.1, 0.15) is 0 Å². The van der Waals surface area contributed by atoms with Gasteiger partial charge in [0, 0.05) is 12.1 Å². The lowest BCUT2D eigenvalue weighted by atomic mass is 10.2. The van der Waals surface area contributed by atoms with Crippen molar-refractivity contribution in [1.29, 1.82) is 5.41 Å². The number of hydrogen-bond donors (Lipinski definition) is 1. The van der Waals surface area contributed by atoms with Crippen molar-refractivity contribution >= 4 is 0 Å². The summed E-state index contributed by atoms with van der Waals surface area (Å²) in [6, 6.07) is 0.953. The van der Waals surface area contributed by atoms with E-state index >= 15 is 0 Å². The molecule has 1 N–H and O–H groups in total. The van der Waals surface area contributed by atoms with Crippen molar-refractivity contribution < 1.29 is 9.31 Å². The van der Waals surface area contributed by atoms with E-state index in [1.807, 2.05) is 0 Å². The maximum Gasteiger partial charge on any atom is 0.286 e. The molecule has 0 aliphatic carbocycles. The maximum absolute atomic E-state index is 7.23. The molecular formula is C8H14N4O. The van der Waals surface area contributed by atoms with Gasteiger partial charge in [-0.15, -0.1) is 0 Å². The first-order valence-electron chi connectivity index (χ1n) is 4.57. The minimum absolute atomic E-state index is 0.103.